The molecule has 0 spiro atoms. The van der Waals surface area contributed by atoms with Crippen LogP contribution < -0.4 is 0 Å². The topological polar surface area (TPSA) is 35.5 Å². The molecule has 0 radical (unpaired) electrons. The van der Waals surface area contributed by atoms with Gasteiger partial charge >= 0.3 is 6.16 Å². The molecule has 0 aliphatic heterocycles. The van der Waals surface area contributed by atoms with Crippen molar-refractivity contribution in [2.45, 2.75) is 50.5 Å². The zero-order chi connectivity index (χ0) is 14.8. The maximum absolute atomic E-state index is 11.4. The van der Waals surface area contributed by atoms with E-state index in [9.17, 15) is 4.79 Å². The van der Waals surface area contributed by atoms with Gasteiger partial charge in [-0.1, -0.05) is 73.0 Å². The standard InChI is InChI=1S/C16H23BrO3/c1-16(2,17)11-7-4-8-12-19-15(18)20-13-14-9-5-3-6-10-14/h3,5-6,9-10H,4,7-8,11-13H2,1-2H3. The van der Waals surface area contributed by atoms with Crippen LogP contribution in [0, 0.1) is 0 Å². The van der Waals surface area contributed by atoms with Gasteiger partial charge in [-0.25, -0.2) is 4.79 Å². The van der Waals surface area contributed by atoms with Crippen LogP contribution in [0.4, 0.5) is 4.79 Å². The Morgan fingerprint density at radius 1 is 1.10 bits per heavy atom. The minimum absolute atomic E-state index is 0.197. The van der Waals surface area contributed by atoms with Crippen LogP contribution in [0.25, 0.3) is 0 Å². The third-order valence-corrected chi connectivity index (χ3v) is 3.23. The van der Waals surface area contributed by atoms with Crippen molar-refractivity contribution in [2.24, 2.45) is 0 Å². The Hall–Kier alpha value is -1.03. The molecular formula is C16H23BrO3. The quantitative estimate of drug-likeness (QED) is 0.375. The van der Waals surface area contributed by atoms with Crippen LogP contribution in [0.5, 0.6) is 0 Å². The van der Waals surface area contributed by atoms with Crippen molar-refractivity contribution in [1.82, 2.24) is 0 Å². The molecule has 0 aromatic heterocycles. The highest BCUT2D eigenvalue weighted by Crippen LogP contribution is 2.23. The molecule has 0 saturated carbocycles. The largest absolute Gasteiger partial charge is 0.508 e. The number of benzene rings is 1. The number of carbonyl (C=O) groups is 1. The van der Waals surface area contributed by atoms with Gasteiger partial charge in [-0.2, -0.15) is 0 Å². The molecule has 0 aliphatic carbocycles. The van der Waals surface area contributed by atoms with Crippen molar-refractivity contribution < 1.29 is 14.3 Å². The highest BCUT2D eigenvalue weighted by Gasteiger charge is 2.11. The number of hydrogen-bond acceptors (Lipinski definition) is 3. The van der Waals surface area contributed by atoms with Crippen LogP contribution in [-0.2, 0) is 16.1 Å². The number of ether oxygens (including phenoxy) is 2. The third kappa shape index (κ3) is 8.97. The lowest BCUT2D eigenvalue weighted by Crippen LogP contribution is -2.10. The smallest absolute Gasteiger partial charge is 0.434 e. The number of rotatable bonds is 8. The van der Waals surface area contributed by atoms with E-state index in [0.29, 0.717) is 6.61 Å². The first-order chi connectivity index (χ1) is 9.47. The second kappa shape index (κ2) is 9.01. The van der Waals surface area contributed by atoms with E-state index < -0.39 is 6.16 Å². The maximum atomic E-state index is 11.4. The molecule has 0 fully saturated rings. The highest BCUT2D eigenvalue weighted by molar-refractivity contribution is 9.10. The predicted octanol–water partition coefficient (Wildman–Crippen LogP) is 5.07. The van der Waals surface area contributed by atoms with Gasteiger partial charge in [-0.05, 0) is 18.4 Å². The molecule has 112 valence electrons. The van der Waals surface area contributed by atoms with E-state index in [-0.39, 0.29) is 10.9 Å². The summed E-state index contributed by atoms with van der Waals surface area (Å²) in [4.78, 5) is 11.4. The second-order valence-electron chi connectivity index (χ2n) is 5.40. The Kier molecular flexibility index (Phi) is 7.67. The Bertz CT molecular complexity index is 384. The highest BCUT2D eigenvalue weighted by atomic mass is 79.9. The summed E-state index contributed by atoms with van der Waals surface area (Å²) in [6.45, 7) is 5.00. The van der Waals surface area contributed by atoms with Crippen LogP contribution in [0.2, 0.25) is 0 Å². The van der Waals surface area contributed by atoms with Crippen LogP contribution in [-0.4, -0.2) is 17.1 Å². The summed E-state index contributed by atoms with van der Waals surface area (Å²) in [5.74, 6) is 0. The number of halogens is 1. The van der Waals surface area contributed by atoms with Gasteiger partial charge in [-0.15, -0.1) is 0 Å². The average molecular weight is 343 g/mol. The first-order valence-electron chi connectivity index (χ1n) is 7.00. The molecule has 0 unspecified atom stereocenters. The van der Waals surface area contributed by atoms with Gasteiger partial charge in [0.2, 0.25) is 0 Å². The van der Waals surface area contributed by atoms with Crippen molar-refractivity contribution in [3.8, 4) is 0 Å². The summed E-state index contributed by atoms with van der Waals surface area (Å²) >= 11 is 3.61. The van der Waals surface area contributed by atoms with Gasteiger partial charge in [0.05, 0.1) is 6.61 Å². The summed E-state index contributed by atoms with van der Waals surface area (Å²) in [6.07, 6.45) is 3.59. The average Bonchev–Trinajstić information content (AvgIpc) is 2.40. The summed E-state index contributed by atoms with van der Waals surface area (Å²) in [5, 5.41) is 0. The first-order valence-corrected chi connectivity index (χ1v) is 7.79. The van der Waals surface area contributed by atoms with E-state index in [1.807, 2.05) is 30.3 Å². The van der Waals surface area contributed by atoms with Crippen molar-refractivity contribution >= 4 is 22.1 Å². The molecule has 3 nitrogen and oxygen atoms in total. The fourth-order valence-electron chi connectivity index (χ4n) is 1.74. The molecule has 20 heavy (non-hydrogen) atoms. The van der Waals surface area contributed by atoms with Gasteiger partial charge in [0.25, 0.3) is 0 Å². The Balaban J connectivity index is 2.01. The van der Waals surface area contributed by atoms with Gasteiger partial charge < -0.3 is 9.47 Å². The number of hydrogen-bond donors (Lipinski definition) is 0. The van der Waals surface area contributed by atoms with Crippen LogP contribution >= 0.6 is 15.9 Å². The van der Waals surface area contributed by atoms with Crippen molar-refractivity contribution in [1.29, 1.82) is 0 Å². The zero-order valence-electron chi connectivity index (χ0n) is 12.2. The summed E-state index contributed by atoms with van der Waals surface area (Å²) in [5.41, 5.74) is 0.962. The molecule has 1 aromatic rings. The lowest BCUT2D eigenvalue weighted by atomic mass is 10.1. The fourth-order valence-corrected chi connectivity index (χ4v) is 2.02. The molecule has 0 atom stereocenters. The maximum Gasteiger partial charge on any atom is 0.508 e. The Morgan fingerprint density at radius 2 is 1.80 bits per heavy atom. The predicted molar refractivity (Wildman–Crippen MR) is 84.1 cm³/mol. The van der Waals surface area contributed by atoms with E-state index >= 15 is 0 Å². The molecular weight excluding hydrogens is 320 g/mol. The van der Waals surface area contributed by atoms with E-state index in [1.54, 1.807) is 0 Å². The van der Waals surface area contributed by atoms with E-state index in [2.05, 4.69) is 29.8 Å². The van der Waals surface area contributed by atoms with Gasteiger partial charge in [0.1, 0.15) is 6.61 Å². The molecule has 0 heterocycles. The number of unbranched alkanes of at least 4 members (excludes halogenated alkanes) is 2. The summed E-state index contributed by atoms with van der Waals surface area (Å²) in [6, 6.07) is 9.57. The van der Waals surface area contributed by atoms with Crippen molar-refractivity contribution in [3.05, 3.63) is 35.9 Å². The molecule has 0 N–H and O–H groups in total. The first kappa shape index (κ1) is 17.0. The molecule has 0 amide bonds. The number of alkyl halides is 1. The molecule has 0 bridgehead atoms. The van der Waals surface area contributed by atoms with Gasteiger partial charge in [-0.3, -0.25) is 0 Å². The lowest BCUT2D eigenvalue weighted by Gasteiger charge is -2.15. The normalized spacial score (nSPS) is 11.2. The molecule has 1 rings (SSSR count). The Morgan fingerprint density at radius 3 is 2.45 bits per heavy atom. The van der Waals surface area contributed by atoms with E-state index in [4.69, 9.17) is 9.47 Å². The second-order valence-corrected chi connectivity index (χ2v) is 7.55. The Labute approximate surface area is 129 Å². The minimum Gasteiger partial charge on any atom is -0.434 e. The molecule has 0 saturated heterocycles. The molecule has 1 aromatic carbocycles. The van der Waals surface area contributed by atoms with Gasteiger partial charge in [0.15, 0.2) is 0 Å². The lowest BCUT2D eigenvalue weighted by molar-refractivity contribution is 0.0487. The van der Waals surface area contributed by atoms with Crippen LogP contribution in [0.3, 0.4) is 0 Å². The van der Waals surface area contributed by atoms with Crippen molar-refractivity contribution in [3.63, 3.8) is 0 Å². The fraction of sp³-hybridized carbons (Fsp3) is 0.562. The third-order valence-electron chi connectivity index (χ3n) is 2.84. The van der Waals surface area contributed by atoms with E-state index in [1.165, 1.54) is 0 Å². The van der Waals surface area contributed by atoms with Crippen LogP contribution in [0.1, 0.15) is 45.1 Å². The monoisotopic (exact) mass is 342 g/mol. The van der Waals surface area contributed by atoms with Crippen LogP contribution in [0.15, 0.2) is 30.3 Å². The van der Waals surface area contributed by atoms with E-state index in [0.717, 1.165) is 31.2 Å². The van der Waals surface area contributed by atoms with Crippen molar-refractivity contribution in [2.75, 3.05) is 6.61 Å². The molecule has 4 heteroatoms. The molecule has 0 aliphatic rings. The zero-order valence-corrected chi connectivity index (χ0v) is 13.8. The summed E-state index contributed by atoms with van der Waals surface area (Å²) < 4.78 is 10.2. The minimum atomic E-state index is -0.588. The van der Waals surface area contributed by atoms with Gasteiger partial charge in [0, 0.05) is 4.32 Å². The summed E-state index contributed by atoms with van der Waals surface area (Å²) in [7, 11) is 0. The number of carbonyl (C=O) groups excluding carboxylic acids is 1. The SMILES string of the molecule is CC(C)(Br)CCCCCOC(=O)OCc1ccccc1.